The van der Waals surface area contributed by atoms with Crippen LogP contribution in [0.15, 0.2) is 12.2 Å². The predicted molar refractivity (Wildman–Crippen MR) is 84.5 cm³/mol. The average Bonchev–Trinajstić information content (AvgIpc) is 3.29. The summed E-state index contributed by atoms with van der Waals surface area (Å²) < 4.78 is 5.76. The van der Waals surface area contributed by atoms with Crippen molar-refractivity contribution in [1.82, 2.24) is 10.6 Å². The monoisotopic (exact) mass is 322 g/mol. The molecule has 2 fully saturated rings. The highest BCUT2D eigenvalue weighted by molar-refractivity contribution is 5.80. The summed E-state index contributed by atoms with van der Waals surface area (Å²) in [4.78, 5) is 23.9. The van der Waals surface area contributed by atoms with E-state index in [-0.39, 0.29) is 42.9 Å². The normalized spacial score (nSPS) is 30.6. The maximum absolute atomic E-state index is 12.0. The molecule has 0 aromatic rings. The molecule has 6 heteroatoms. The van der Waals surface area contributed by atoms with Crippen LogP contribution in [0.2, 0.25) is 0 Å². The molecule has 128 valence electrons. The minimum absolute atomic E-state index is 0.0276. The molecule has 3 aliphatic rings. The third-order valence-corrected chi connectivity index (χ3v) is 4.92. The van der Waals surface area contributed by atoms with Crippen molar-refractivity contribution in [2.75, 3.05) is 13.2 Å². The van der Waals surface area contributed by atoms with E-state index in [2.05, 4.69) is 10.6 Å². The summed E-state index contributed by atoms with van der Waals surface area (Å²) in [5.41, 5.74) is 0. The van der Waals surface area contributed by atoms with Crippen LogP contribution in [-0.4, -0.2) is 48.3 Å². The quantitative estimate of drug-likeness (QED) is 0.596. The van der Waals surface area contributed by atoms with Crippen molar-refractivity contribution in [3.8, 4) is 0 Å². The first-order valence-corrected chi connectivity index (χ1v) is 8.67. The van der Waals surface area contributed by atoms with E-state index in [0.29, 0.717) is 5.92 Å². The van der Waals surface area contributed by atoms with Crippen molar-refractivity contribution >= 4 is 11.8 Å². The highest BCUT2D eigenvalue weighted by Gasteiger charge is 2.32. The van der Waals surface area contributed by atoms with Gasteiger partial charge in [-0.25, -0.2) is 0 Å². The third kappa shape index (κ3) is 4.54. The molecule has 2 saturated carbocycles. The van der Waals surface area contributed by atoms with Crippen LogP contribution in [0, 0.1) is 11.8 Å². The summed E-state index contributed by atoms with van der Waals surface area (Å²) >= 11 is 0. The van der Waals surface area contributed by atoms with E-state index in [1.165, 1.54) is 12.8 Å². The van der Waals surface area contributed by atoms with Gasteiger partial charge in [-0.1, -0.05) is 18.6 Å². The topological polar surface area (TPSA) is 87.7 Å². The molecule has 2 aliphatic carbocycles. The van der Waals surface area contributed by atoms with Gasteiger partial charge < -0.3 is 20.5 Å². The van der Waals surface area contributed by atoms with Gasteiger partial charge in [-0.2, -0.15) is 0 Å². The Labute approximate surface area is 136 Å². The van der Waals surface area contributed by atoms with Crippen LogP contribution in [-0.2, 0) is 14.3 Å². The lowest BCUT2D eigenvalue weighted by Crippen LogP contribution is -2.51. The van der Waals surface area contributed by atoms with Gasteiger partial charge in [0.25, 0.3) is 0 Å². The first kappa shape index (κ1) is 16.5. The Hall–Kier alpha value is -1.40. The second kappa shape index (κ2) is 7.45. The standard InChI is InChI=1S/C17H26N2O4/c20-10-15-14(19-17(22)12-2-1-3-12)7-6-13(23-15)8-16(21)18-9-11-4-5-11/h6-7,11-15,20H,1-5,8-10H2,(H,18,21)(H,19,22)/t13-,14-,15-/m0/s1. The number of carbonyl (C=O) groups is 2. The second-order valence-electron chi connectivity index (χ2n) is 6.89. The summed E-state index contributed by atoms with van der Waals surface area (Å²) in [5.74, 6) is 0.764. The number of ether oxygens (including phenoxy) is 1. The summed E-state index contributed by atoms with van der Waals surface area (Å²) in [5, 5.41) is 15.4. The van der Waals surface area contributed by atoms with Crippen LogP contribution in [0.5, 0.6) is 0 Å². The maximum atomic E-state index is 12.0. The van der Waals surface area contributed by atoms with Gasteiger partial charge in [0.05, 0.1) is 25.2 Å². The number of rotatable bonds is 7. The molecular weight excluding hydrogens is 296 g/mol. The number of aliphatic hydroxyl groups excluding tert-OH is 1. The van der Waals surface area contributed by atoms with E-state index in [9.17, 15) is 14.7 Å². The Bertz CT molecular complexity index is 471. The van der Waals surface area contributed by atoms with Crippen molar-refractivity contribution in [3.05, 3.63) is 12.2 Å². The fraction of sp³-hybridized carbons (Fsp3) is 0.765. The zero-order chi connectivity index (χ0) is 16.2. The van der Waals surface area contributed by atoms with Gasteiger partial charge in [0.2, 0.25) is 11.8 Å². The molecular formula is C17H26N2O4. The molecule has 0 saturated heterocycles. The molecule has 0 aromatic carbocycles. The van der Waals surface area contributed by atoms with Gasteiger partial charge in [0.15, 0.2) is 0 Å². The molecule has 3 rings (SSSR count). The molecule has 0 radical (unpaired) electrons. The fourth-order valence-electron chi connectivity index (χ4n) is 2.92. The Kier molecular flexibility index (Phi) is 5.33. The van der Waals surface area contributed by atoms with Crippen molar-refractivity contribution in [1.29, 1.82) is 0 Å². The summed E-state index contributed by atoms with van der Waals surface area (Å²) in [7, 11) is 0. The number of nitrogens with one attached hydrogen (secondary N) is 2. The molecule has 3 N–H and O–H groups in total. The largest absolute Gasteiger partial charge is 0.394 e. The Morgan fingerprint density at radius 3 is 2.57 bits per heavy atom. The maximum Gasteiger partial charge on any atom is 0.223 e. The zero-order valence-electron chi connectivity index (χ0n) is 13.4. The lowest BCUT2D eigenvalue weighted by Gasteiger charge is -2.33. The van der Waals surface area contributed by atoms with E-state index < -0.39 is 6.10 Å². The molecule has 6 nitrogen and oxygen atoms in total. The van der Waals surface area contributed by atoms with Crippen LogP contribution in [0.1, 0.15) is 38.5 Å². The van der Waals surface area contributed by atoms with E-state index in [0.717, 1.165) is 25.8 Å². The van der Waals surface area contributed by atoms with Crippen LogP contribution in [0.3, 0.4) is 0 Å². The molecule has 0 unspecified atom stereocenters. The van der Waals surface area contributed by atoms with Crippen molar-refractivity contribution in [2.24, 2.45) is 11.8 Å². The number of aliphatic hydroxyl groups is 1. The molecule has 23 heavy (non-hydrogen) atoms. The van der Waals surface area contributed by atoms with Gasteiger partial charge in [0, 0.05) is 12.5 Å². The van der Waals surface area contributed by atoms with Crippen LogP contribution in [0.4, 0.5) is 0 Å². The molecule has 2 amide bonds. The predicted octanol–water partition coefficient (Wildman–Crippen LogP) is 0.503. The Morgan fingerprint density at radius 2 is 1.96 bits per heavy atom. The Balaban J connectivity index is 1.47. The van der Waals surface area contributed by atoms with Gasteiger partial charge in [-0.3, -0.25) is 9.59 Å². The highest BCUT2D eigenvalue weighted by atomic mass is 16.5. The van der Waals surface area contributed by atoms with Crippen molar-refractivity contribution in [2.45, 2.75) is 56.8 Å². The molecule has 0 spiro atoms. The first-order chi connectivity index (χ1) is 11.2. The summed E-state index contributed by atoms with van der Waals surface area (Å²) in [6.07, 6.45) is 8.47. The summed E-state index contributed by atoms with van der Waals surface area (Å²) in [6.45, 7) is 0.568. The molecule has 1 aliphatic heterocycles. The minimum atomic E-state index is -0.495. The lowest BCUT2D eigenvalue weighted by atomic mass is 9.84. The van der Waals surface area contributed by atoms with Gasteiger partial charge in [-0.15, -0.1) is 0 Å². The van der Waals surface area contributed by atoms with Crippen LogP contribution in [0.25, 0.3) is 0 Å². The van der Waals surface area contributed by atoms with Gasteiger partial charge >= 0.3 is 0 Å². The summed E-state index contributed by atoms with van der Waals surface area (Å²) in [6, 6.07) is -0.320. The smallest absolute Gasteiger partial charge is 0.223 e. The van der Waals surface area contributed by atoms with Crippen molar-refractivity contribution in [3.63, 3.8) is 0 Å². The van der Waals surface area contributed by atoms with Gasteiger partial charge in [0.1, 0.15) is 6.10 Å². The Morgan fingerprint density at radius 1 is 1.17 bits per heavy atom. The number of hydrogen-bond acceptors (Lipinski definition) is 4. The minimum Gasteiger partial charge on any atom is -0.394 e. The molecule has 0 bridgehead atoms. The van der Waals surface area contributed by atoms with E-state index in [4.69, 9.17) is 4.74 Å². The molecule has 0 aromatic heterocycles. The van der Waals surface area contributed by atoms with E-state index >= 15 is 0 Å². The number of carbonyl (C=O) groups excluding carboxylic acids is 2. The third-order valence-electron chi connectivity index (χ3n) is 4.92. The van der Waals surface area contributed by atoms with Gasteiger partial charge in [-0.05, 0) is 31.6 Å². The SMILES string of the molecule is O=C(C[C@@H]1C=C[C@H](NC(=O)C2CCC2)[C@H](CO)O1)NCC1CC1. The van der Waals surface area contributed by atoms with E-state index in [1.54, 1.807) is 0 Å². The number of hydrogen-bond donors (Lipinski definition) is 3. The van der Waals surface area contributed by atoms with Crippen molar-refractivity contribution < 1.29 is 19.4 Å². The van der Waals surface area contributed by atoms with Crippen LogP contribution >= 0.6 is 0 Å². The van der Waals surface area contributed by atoms with Crippen LogP contribution < -0.4 is 10.6 Å². The number of amides is 2. The van der Waals surface area contributed by atoms with E-state index in [1.807, 2.05) is 12.2 Å². The average molecular weight is 322 g/mol. The second-order valence-corrected chi connectivity index (χ2v) is 6.89. The molecule has 3 atom stereocenters. The zero-order valence-corrected chi connectivity index (χ0v) is 13.4. The lowest BCUT2D eigenvalue weighted by molar-refractivity contribution is -0.131. The highest BCUT2D eigenvalue weighted by Crippen LogP contribution is 2.28. The first-order valence-electron chi connectivity index (χ1n) is 8.67. The molecule has 1 heterocycles. The fourth-order valence-corrected chi connectivity index (χ4v) is 2.92.